The molecule has 102 valence electrons. The van der Waals surface area contributed by atoms with Gasteiger partial charge < -0.3 is 0 Å². The van der Waals surface area contributed by atoms with E-state index >= 15 is 0 Å². The fourth-order valence-corrected chi connectivity index (χ4v) is 3.08. The van der Waals surface area contributed by atoms with Gasteiger partial charge in [-0.2, -0.15) is 5.26 Å². The van der Waals surface area contributed by atoms with Gasteiger partial charge in [0, 0.05) is 11.8 Å². The molecule has 0 radical (unpaired) electrons. The number of halogens is 1. The van der Waals surface area contributed by atoms with Crippen LogP contribution in [0.5, 0.6) is 0 Å². The van der Waals surface area contributed by atoms with E-state index < -0.39 is 0 Å². The predicted octanol–water partition coefficient (Wildman–Crippen LogP) is 3.56. The first-order chi connectivity index (χ1) is 10.2. The highest BCUT2D eigenvalue weighted by atomic mass is 127. The molecule has 1 aliphatic rings. The summed E-state index contributed by atoms with van der Waals surface area (Å²) in [6.45, 7) is 0. The van der Waals surface area contributed by atoms with Crippen LogP contribution in [-0.4, -0.2) is 14.4 Å². The van der Waals surface area contributed by atoms with E-state index in [9.17, 15) is 5.26 Å². The molecule has 1 aliphatic carbocycles. The summed E-state index contributed by atoms with van der Waals surface area (Å²) in [5, 5.41) is 9.25. The van der Waals surface area contributed by atoms with Crippen LogP contribution in [0, 0.1) is 15.0 Å². The standard InChI is InChI=1S/C16H11IN4/c17-14-7-20-15-8-19-13(9-21(14)15)11-1-3-12(4-2-11)16(10-18)5-6-16/h1-4,7-9H,5-6H2. The van der Waals surface area contributed by atoms with E-state index in [-0.39, 0.29) is 5.41 Å². The molecule has 5 heteroatoms. The quantitative estimate of drug-likeness (QED) is 0.633. The van der Waals surface area contributed by atoms with Crippen LogP contribution in [0.2, 0.25) is 0 Å². The Morgan fingerprint density at radius 2 is 1.90 bits per heavy atom. The molecule has 21 heavy (non-hydrogen) atoms. The van der Waals surface area contributed by atoms with Crippen LogP contribution in [0.1, 0.15) is 18.4 Å². The summed E-state index contributed by atoms with van der Waals surface area (Å²) in [7, 11) is 0. The number of aromatic nitrogens is 3. The lowest BCUT2D eigenvalue weighted by Crippen LogP contribution is -2.01. The van der Waals surface area contributed by atoms with Gasteiger partial charge in [0.25, 0.3) is 0 Å². The third kappa shape index (κ3) is 2.02. The minimum atomic E-state index is -0.227. The van der Waals surface area contributed by atoms with E-state index in [1.807, 2.05) is 28.9 Å². The number of rotatable bonds is 2. The van der Waals surface area contributed by atoms with Crippen LogP contribution in [0.3, 0.4) is 0 Å². The average Bonchev–Trinajstić information content (AvgIpc) is 3.26. The number of fused-ring (bicyclic) bond motifs is 1. The first-order valence-corrected chi connectivity index (χ1v) is 7.80. The van der Waals surface area contributed by atoms with Gasteiger partial charge in [0.2, 0.25) is 0 Å². The SMILES string of the molecule is N#CC1(c2ccc(-c3cn4c(I)cnc4cn3)cc2)CC1. The van der Waals surface area contributed by atoms with Crippen molar-refractivity contribution < 1.29 is 0 Å². The molecule has 0 amide bonds. The summed E-state index contributed by atoms with van der Waals surface area (Å²) in [4.78, 5) is 8.74. The second-order valence-electron chi connectivity index (χ2n) is 5.35. The van der Waals surface area contributed by atoms with Crippen molar-refractivity contribution in [3.63, 3.8) is 0 Å². The summed E-state index contributed by atoms with van der Waals surface area (Å²) in [6.07, 6.45) is 7.55. The predicted molar refractivity (Wildman–Crippen MR) is 87.7 cm³/mol. The molecule has 1 aromatic carbocycles. The first-order valence-electron chi connectivity index (χ1n) is 6.73. The highest BCUT2D eigenvalue weighted by Gasteiger charge is 2.44. The molecule has 4 rings (SSSR count). The van der Waals surface area contributed by atoms with Gasteiger partial charge in [0.05, 0.1) is 29.6 Å². The normalized spacial score (nSPS) is 15.8. The van der Waals surface area contributed by atoms with E-state index in [0.717, 1.165) is 39.0 Å². The van der Waals surface area contributed by atoms with Gasteiger partial charge in [-0.05, 0) is 41.0 Å². The molecule has 0 N–H and O–H groups in total. The van der Waals surface area contributed by atoms with Crippen molar-refractivity contribution in [2.45, 2.75) is 18.3 Å². The van der Waals surface area contributed by atoms with Crippen LogP contribution in [0.4, 0.5) is 0 Å². The van der Waals surface area contributed by atoms with Crippen molar-refractivity contribution in [1.82, 2.24) is 14.4 Å². The zero-order chi connectivity index (χ0) is 14.4. The van der Waals surface area contributed by atoms with E-state index in [1.54, 1.807) is 6.20 Å². The smallest absolute Gasteiger partial charge is 0.156 e. The molecule has 0 bridgehead atoms. The summed E-state index contributed by atoms with van der Waals surface area (Å²) in [5.74, 6) is 0. The van der Waals surface area contributed by atoms with Gasteiger partial charge in [-0.15, -0.1) is 0 Å². The van der Waals surface area contributed by atoms with Crippen molar-refractivity contribution in [2.75, 3.05) is 0 Å². The number of nitrogens with zero attached hydrogens (tertiary/aromatic N) is 4. The molecule has 4 nitrogen and oxygen atoms in total. The monoisotopic (exact) mass is 386 g/mol. The zero-order valence-electron chi connectivity index (χ0n) is 11.1. The Hall–Kier alpha value is -1.94. The minimum Gasteiger partial charge on any atom is -0.291 e. The number of nitriles is 1. The Balaban J connectivity index is 1.75. The second-order valence-corrected chi connectivity index (χ2v) is 6.46. The highest BCUT2D eigenvalue weighted by Crippen LogP contribution is 2.47. The highest BCUT2D eigenvalue weighted by molar-refractivity contribution is 14.1. The Morgan fingerprint density at radius 3 is 2.57 bits per heavy atom. The third-order valence-corrected chi connectivity index (χ3v) is 4.85. The maximum atomic E-state index is 9.25. The summed E-state index contributed by atoms with van der Waals surface area (Å²) < 4.78 is 3.08. The molecule has 1 fully saturated rings. The second kappa shape index (κ2) is 4.53. The summed E-state index contributed by atoms with van der Waals surface area (Å²) in [5.41, 5.74) is 3.70. The Bertz CT molecular complexity index is 869. The number of benzene rings is 1. The van der Waals surface area contributed by atoms with Crippen molar-refractivity contribution >= 4 is 28.2 Å². The summed E-state index contributed by atoms with van der Waals surface area (Å²) in [6, 6.07) is 10.6. The molecule has 3 aromatic rings. The maximum absolute atomic E-state index is 9.25. The van der Waals surface area contributed by atoms with Crippen molar-refractivity contribution in [2.24, 2.45) is 0 Å². The molecule has 0 atom stereocenters. The number of hydrogen-bond donors (Lipinski definition) is 0. The Morgan fingerprint density at radius 1 is 1.14 bits per heavy atom. The van der Waals surface area contributed by atoms with Crippen molar-refractivity contribution in [3.05, 3.63) is 52.1 Å². The van der Waals surface area contributed by atoms with Gasteiger partial charge in [-0.1, -0.05) is 24.3 Å². The van der Waals surface area contributed by atoms with Crippen molar-refractivity contribution in [3.8, 4) is 17.3 Å². The summed E-state index contributed by atoms with van der Waals surface area (Å²) >= 11 is 2.26. The molecular formula is C16H11IN4. The van der Waals surface area contributed by atoms with E-state index in [1.165, 1.54) is 0 Å². The minimum absolute atomic E-state index is 0.227. The van der Waals surface area contributed by atoms with Crippen LogP contribution in [-0.2, 0) is 5.41 Å². The van der Waals surface area contributed by atoms with Crippen LogP contribution in [0.25, 0.3) is 16.9 Å². The fraction of sp³-hybridized carbons (Fsp3) is 0.188. The molecule has 0 saturated heterocycles. The van der Waals surface area contributed by atoms with Gasteiger partial charge in [0.15, 0.2) is 5.65 Å². The average molecular weight is 386 g/mol. The third-order valence-electron chi connectivity index (χ3n) is 4.05. The van der Waals surface area contributed by atoms with E-state index in [2.05, 4.69) is 50.8 Å². The lowest BCUT2D eigenvalue weighted by molar-refractivity contribution is 0.909. The van der Waals surface area contributed by atoms with Gasteiger partial charge in [0.1, 0.15) is 3.70 Å². The molecule has 0 unspecified atom stereocenters. The number of hydrogen-bond acceptors (Lipinski definition) is 3. The van der Waals surface area contributed by atoms with Gasteiger partial charge >= 0.3 is 0 Å². The van der Waals surface area contributed by atoms with E-state index in [0.29, 0.717) is 0 Å². The van der Waals surface area contributed by atoms with E-state index in [4.69, 9.17) is 0 Å². The first kappa shape index (κ1) is 12.8. The molecule has 2 heterocycles. The Labute approximate surface area is 135 Å². The van der Waals surface area contributed by atoms with Gasteiger partial charge in [-0.3, -0.25) is 9.38 Å². The lowest BCUT2D eigenvalue weighted by atomic mass is 9.96. The van der Waals surface area contributed by atoms with Crippen LogP contribution >= 0.6 is 22.6 Å². The molecule has 2 aromatic heterocycles. The van der Waals surface area contributed by atoms with Gasteiger partial charge in [-0.25, -0.2) is 4.98 Å². The maximum Gasteiger partial charge on any atom is 0.156 e. The topological polar surface area (TPSA) is 54.0 Å². The van der Waals surface area contributed by atoms with Crippen LogP contribution < -0.4 is 0 Å². The van der Waals surface area contributed by atoms with Crippen molar-refractivity contribution in [1.29, 1.82) is 5.26 Å². The molecule has 0 spiro atoms. The molecule has 1 saturated carbocycles. The molecular weight excluding hydrogens is 375 g/mol. The Kier molecular flexibility index (Phi) is 2.76. The number of imidazole rings is 1. The largest absolute Gasteiger partial charge is 0.291 e. The zero-order valence-corrected chi connectivity index (χ0v) is 13.3. The fourth-order valence-electron chi connectivity index (χ4n) is 2.56. The lowest BCUT2D eigenvalue weighted by Gasteiger charge is -2.07. The van der Waals surface area contributed by atoms with Crippen LogP contribution in [0.15, 0.2) is 42.9 Å². The molecule has 0 aliphatic heterocycles.